The lowest BCUT2D eigenvalue weighted by Crippen LogP contribution is -2.34. The lowest BCUT2D eigenvalue weighted by atomic mass is 10.1. The van der Waals surface area contributed by atoms with Crippen molar-refractivity contribution in [3.63, 3.8) is 0 Å². The molecular weight excluding hydrogens is 256 g/mol. The summed E-state index contributed by atoms with van der Waals surface area (Å²) in [5.41, 5.74) is 0. The van der Waals surface area contributed by atoms with E-state index in [0.29, 0.717) is 12.3 Å². The third-order valence-electron chi connectivity index (χ3n) is 2.51. The zero-order valence-electron chi connectivity index (χ0n) is 11.8. The van der Waals surface area contributed by atoms with Crippen LogP contribution in [0.3, 0.4) is 0 Å². The van der Waals surface area contributed by atoms with Crippen molar-refractivity contribution >= 4 is 16.1 Å². The molecule has 0 aliphatic rings. The maximum Gasteiger partial charge on any atom is 0.302 e. The molecule has 0 rings (SSSR count). The molecule has 5 nitrogen and oxygen atoms in total. The highest BCUT2D eigenvalue weighted by Gasteiger charge is 2.30. The highest BCUT2D eigenvalue weighted by molar-refractivity contribution is 7.87. The molecule has 0 saturated heterocycles. The molecule has 18 heavy (non-hydrogen) atoms. The van der Waals surface area contributed by atoms with Crippen molar-refractivity contribution in [1.82, 2.24) is 0 Å². The SMILES string of the molecule is CC(=O)OCC(C(C)C)S(=O)(=O)OCCC(C)C. The lowest BCUT2D eigenvalue weighted by Gasteiger charge is -2.20. The first-order valence-corrected chi connectivity index (χ1v) is 7.65. The van der Waals surface area contributed by atoms with Gasteiger partial charge in [-0.05, 0) is 18.3 Å². The quantitative estimate of drug-likeness (QED) is 0.502. The second-order valence-electron chi connectivity index (χ2n) is 5.08. The standard InChI is InChI=1S/C12H24O5S/c1-9(2)6-7-17-18(14,15)12(10(3)4)8-16-11(5)13/h9-10,12H,6-8H2,1-5H3. The predicted molar refractivity (Wildman–Crippen MR) is 69.6 cm³/mol. The summed E-state index contributed by atoms with van der Waals surface area (Å²) in [6.45, 7) is 8.78. The Bertz CT molecular complexity index is 345. The van der Waals surface area contributed by atoms with Crippen LogP contribution in [-0.2, 0) is 23.8 Å². The van der Waals surface area contributed by atoms with Crippen molar-refractivity contribution in [2.75, 3.05) is 13.2 Å². The van der Waals surface area contributed by atoms with E-state index >= 15 is 0 Å². The molecular formula is C12H24O5S. The highest BCUT2D eigenvalue weighted by Crippen LogP contribution is 2.16. The van der Waals surface area contributed by atoms with E-state index in [1.165, 1.54) is 6.92 Å². The van der Waals surface area contributed by atoms with Crippen molar-refractivity contribution in [3.8, 4) is 0 Å². The number of hydrogen-bond acceptors (Lipinski definition) is 5. The van der Waals surface area contributed by atoms with Crippen LogP contribution in [0.4, 0.5) is 0 Å². The van der Waals surface area contributed by atoms with Gasteiger partial charge >= 0.3 is 5.97 Å². The van der Waals surface area contributed by atoms with Crippen molar-refractivity contribution in [3.05, 3.63) is 0 Å². The van der Waals surface area contributed by atoms with E-state index in [9.17, 15) is 13.2 Å². The normalized spacial score (nSPS) is 13.9. The van der Waals surface area contributed by atoms with Gasteiger partial charge in [-0.15, -0.1) is 0 Å². The first-order chi connectivity index (χ1) is 8.16. The summed E-state index contributed by atoms with van der Waals surface area (Å²) >= 11 is 0. The maximum atomic E-state index is 12.0. The van der Waals surface area contributed by atoms with Crippen LogP contribution in [0, 0.1) is 11.8 Å². The number of rotatable bonds is 8. The predicted octanol–water partition coefficient (Wildman–Crippen LogP) is 1.97. The molecule has 0 radical (unpaired) electrons. The Morgan fingerprint density at radius 3 is 2.11 bits per heavy atom. The molecule has 0 aliphatic heterocycles. The van der Waals surface area contributed by atoms with Crippen LogP contribution in [0.2, 0.25) is 0 Å². The summed E-state index contributed by atoms with van der Waals surface area (Å²) < 4.78 is 33.7. The van der Waals surface area contributed by atoms with E-state index in [0.717, 1.165) is 0 Å². The fraction of sp³-hybridized carbons (Fsp3) is 0.917. The van der Waals surface area contributed by atoms with E-state index in [2.05, 4.69) is 0 Å². The zero-order chi connectivity index (χ0) is 14.3. The molecule has 0 saturated carbocycles. The van der Waals surface area contributed by atoms with Gasteiger partial charge in [0, 0.05) is 6.92 Å². The van der Waals surface area contributed by atoms with Crippen molar-refractivity contribution in [1.29, 1.82) is 0 Å². The fourth-order valence-corrected chi connectivity index (χ4v) is 2.70. The number of hydrogen-bond donors (Lipinski definition) is 0. The Balaban J connectivity index is 4.52. The minimum atomic E-state index is -3.69. The number of esters is 1. The van der Waals surface area contributed by atoms with E-state index < -0.39 is 21.3 Å². The van der Waals surface area contributed by atoms with Gasteiger partial charge in [-0.25, -0.2) is 0 Å². The van der Waals surface area contributed by atoms with E-state index in [4.69, 9.17) is 8.92 Å². The molecule has 0 aromatic heterocycles. The summed E-state index contributed by atoms with van der Waals surface area (Å²) in [5.74, 6) is -0.280. The number of ether oxygens (including phenoxy) is 1. The van der Waals surface area contributed by atoms with E-state index in [1.807, 2.05) is 13.8 Å². The minimum Gasteiger partial charge on any atom is -0.464 e. The van der Waals surface area contributed by atoms with Crippen LogP contribution in [0.5, 0.6) is 0 Å². The van der Waals surface area contributed by atoms with Crippen LogP contribution in [0.15, 0.2) is 0 Å². The van der Waals surface area contributed by atoms with Crippen LogP contribution in [0.1, 0.15) is 41.0 Å². The van der Waals surface area contributed by atoms with Crippen molar-refractivity contribution in [2.45, 2.75) is 46.3 Å². The average Bonchev–Trinajstić information content (AvgIpc) is 2.14. The molecule has 1 atom stereocenters. The average molecular weight is 280 g/mol. The molecule has 6 heteroatoms. The van der Waals surface area contributed by atoms with Gasteiger partial charge < -0.3 is 4.74 Å². The number of carbonyl (C=O) groups is 1. The molecule has 0 bridgehead atoms. The zero-order valence-corrected chi connectivity index (χ0v) is 12.6. The third kappa shape index (κ3) is 6.96. The monoisotopic (exact) mass is 280 g/mol. The molecule has 0 aromatic rings. The summed E-state index contributed by atoms with van der Waals surface area (Å²) in [4.78, 5) is 10.7. The van der Waals surface area contributed by atoms with Gasteiger partial charge in [-0.1, -0.05) is 27.7 Å². The molecule has 0 amide bonds. The van der Waals surface area contributed by atoms with Crippen molar-refractivity contribution in [2.24, 2.45) is 11.8 Å². The van der Waals surface area contributed by atoms with Crippen LogP contribution >= 0.6 is 0 Å². The largest absolute Gasteiger partial charge is 0.464 e. The van der Waals surface area contributed by atoms with Gasteiger partial charge in [-0.2, -0.15) is 8.42 Å². The van der Waals surface area contributed by atoms with Gasteiger partial charge in [0.25, 0.3) is 10.1 Å². The molecule has 0 spiro atoms. The molecule has 0 aliphatic carbocycles. The minimum absolute atomic E-state index is 0.156. The smallest absolute Gasteiger partial charge is 0.302 e. The summed E-state index contributed by atoms with van der Waals surface area (Å²) in [7, 11) is -3.69. The summed E-state index contributed by atoms with van der Waals surface area (Å²) in [6.07, 6.45) is 0.678. The second kappa shape index (κ2) is 7.74. The van der Waals surface area contributed by atoms with Gasteiger partial charge in [-0.3, -0.25) is 8.98 Å². The maximum absolute atomic E-state index is 12.0. The fourth-order valence-electron chi connectivity index (χ4n) is 1.30. The first kappa shape index (κ1) is 17.4. The van der Waals surface area contributed by atoms with E-state index in [1.54, 1.807) is 13.8 Å². The van der Waals surface area contributed by atoms with Crippen LogP contribution in [0.25, 0.3) is 0 Å². The number of carbonyl (C=O) groups excluding carboxylic acids is 1. The lowest BCUT2D eigenvalue weighted by molar-refractivity contribution is -0.141. The molecule has 108 valence electrons. The Labute approximate surface area is 110 Å². The Morgan fingerprint density at radius 1 is 1.17 bits per heavy atom. The van der Waals surface area contributed by atoms with Crippen LogP contribution < -0.4 is 0 Å². The summed E-state index contributed by atoms with van der Waals surface area (Å²) in [6, 6.07) is 0. The third-order valence-corrected chi connectivity index (χ3v) is 4.43. The van der Waals surface area contributed by atoms with Gasteiger partial charge in [0.15, 0.2) is 0 Å². The van der Waals surface area contributed by atoms with Crippen LogP contribution in [-0.4, -0.2) is 32.9 Å². The summed E-state index contributed by atoms with van der Waals surface area (Å²) in [5, 5.41) is -0.812. The molecule has 0 fully saturated rings. The van der Waals surface area contributed by atoms with Gasteiger partial charge in [0.2, 0.25) is 0 Å². The molecule has 0 N–H and O–H groups in total. The highest BCUT2D eigenvalue weighted by atomic mass is 32.2. The Kier molecular flexibility index (Phi) is 7.47. The van der Waals surface area contributed by atoms with E-state index in [-0.39, 0.29) is 19.1 Å². The van der Waals surface area contributed by atoms with Gasteiger partial charge in [0.1, 0.15) is 11.9 Å². The van der Waals surface area contributed by atoms with Gasteiger partial charge in [0.05, 0.1) is 6.61 Å². The second-order valence-corrected chi connectivity index (χ2v) is 6.91. The topological polar surface area (TPSA) is 69.7 Å². The molecule has 0 heterocycles. The van der Waals surface area contributed by atoms with Crippen molar-refractivity contribution < 1.29 is 22.1 Å². The Hall–Kier alpha value is -0.620. The molecule has 0 aromatic carbocycles. The molecule has 1 unspecified atom stereocenters. The Morgan fingerprint density at radius 2 is 1.72 bits per heavy atom. The first-order valence-electron chi connectivity index (χ1n) is 6.18.